The molecule has 0 unspecified atom stereocenters. The van der Waals surface area contributed by atoms with Crippen molar-refractivity contribution in [1.82, 2.24) is 0 Å². The first-order valence-electron chi connectivity index (χ1n) is 9.98. The molecule has 1 aliphatic rings. The number of ketones is 1. The minimum atomic E-state index is -4.06. The van der Waals surface area contributed by atoms with Gasteiger partial charge in [-0.15, -0.1) is 0 Å². The fourth-order valence-electron chi connectivity index (χ4n) is 3.65. The third kappa shape index (κ3) is 4.32. The van der Waals surface area contributed by atoms with Crippen molar-refractivity contribution in [2.75, 3.05) is 24.7 Å². The van der Waals surface area contributed by atoms with Gasteiger partial charge in [-0.3, -0.25) is 9.35 Å². The minimum absolute atomic E-state index is 0.117. The number of aryl methyl sites for hydroxylation is 1. The van der Waals surface area contributed by atoms with Crippen LogP contribution >= 0.6 is 11.3 Å². The van der Waals surface area contributed by atoms with E-state index in [0.29, 0.717) is 17.1 Å². The second-order valence-corrected chi connectivity index (χ2v) is 10.4. The van der Waals surface area contributed by atoms with Crippen molar-refractivity contribution >= 4 is 54.8 Å². The predicted octanol–water partition coefficient (Wildman–Crippen LogP) is 2.27. The van der Waals surface area contributed by atoms with Crippen molar-refractivity contribution in [1.29, 1.82) is 0 Å². The fraction of sp³-hybridized carbons (Fsp3) is 0.217. The quantitative estimate of drug-likeness (QED) is 0.323. The highest BCUT2D eigenvalue weighted by atomic mass is 32.2. The molecule has 1 aliphatic carbocycles. The van der Waals surface area contributed by atoms with E-state index in [1.54, 1.807) is 18.2 Å². The molecule has 0 amide bonds. The van der Waals surface area contributed by atoms with Crippen LogP contribution in [0.3, 0.4) is 0 Å². The summed E-state index contributed by atoms with van der Waals surface area (Å²) < 4.78 is 34.1. The normalized spacial score (nSPS) is 15.5. The van der Waals surface area contributed by atoms with Crippen LogP contribution in [-0.4, -0.2) is 38.6 Å². The van der Waals surface area contributed by atoms with E-state index in [9.17, 15) is 18.3 Å². The van der Waals surface area contributed by atoms with Crippen LogP contribution in [0.1, 0.15) is 17.0 Å². The van der Waals surface area contributed by atoms with Crippen molar-refractivity contribution in [2.24, 2.45) is 0 Å². The second-order valence-electron chi connectivity index (χ2n) is 7.73. The van der Waals surface area contributed by atoms with E-state index in [2.05, 4.69) is 0 Å². The van der Waals surface area contributed by atoms with Crippen molar-refractivity contribution in [3.63, 3.8) is 0 Å². The van der Waals surface area contributed by atoms with Crippen LogP contribution in [0.25, 0.3) is 21.9 Å². The third-order valence-corrected chi connectivity index (χ3v) is 7.22. The molecule has 1 N–H and O–H groups in total. The largest absolute Gasteiger partial charge is 0.871 e. The zero-order valence-electron chi connectivity index (χ0n) is 17.6. The summed E-state index contributed by atoms with van der Waals surface area (Å²) >= 11 is 1.42. The SMILES string of the molecule is CN(C)c1ccc(C2=C([O-])/C(=C/c3sc4ccccc4[n+]3CCCS(=O)(=O)O)C2=O)cc1. The summed E-state index contributed by atoms with van der Waals surface area (Å²) in [7, 11) is -0.233. The second kappa shape index (κ2) is 8.50. The average molecular weight is 471 g/mol. The summed E-state index contributed by atoms with van der Waals surface area (Å²) in [5.74, 6) is -0.956. The Balaban J connectivity index is 1.68. The van der Waals surface area contributed by atoms with Crippen LogP contribution in [0.4, 0.5) is 5.69 Å². The van der Waals surface area contributed by atoms with Crippen LogP contribution in [0, 0.1) is 0 Å². The number of carbonyl (C=O) groups excluding carboxylic acids is 1. The average Bonchev–Trinajstić information content (AvgIpc) is 3.09. The molecule has 3 aromatic rings. The topological polar surface area (TPSA) is 102 Å². The Kier molecular flexibility index (Phi) is 5.89. The number of para-hydroxylation sites is 1. The molecule has 1 aromatic heterocycles. The lowest BCUT2D eigenvalue weighted by atomic mass is 9.83. The lowest BCUT2D eigenvalue weighted by Crippen LogP contribution is -2.37. The highest BCUT2D eigenvalue weighted by Crippen LogP contribution is 2.36. The summed E-state index contributed by atoms with van der Waals surface area (Å²) in [4.78, 5) is 14.8. The zero-order chi connectivity index (χ0) is 23.0. The number of allylic oxidation sites excluding steroid dienone is 2. The van der Waals surface area contributed by atoms with E-state index in [1.165, 1.54) is 11.3 Å². The number of benzene rings is 2. The number of rotatable bonds is 7. The lowest BCUT2D eigenvalue weighted by Gasteiger charge is -2.30. The minimum Gasteiger partial charge on any atom is -0.871 e. The molecular weight excluding hydrogens is 448 g/mol. The van der Waals surface area contributed by atoms with E-state index >= 15 is 0 Å². The highest BCUT2D eigenvalue weighted by molar-refractivity contribution is 7.85. The molecule has 0 saturated heterocycles. The lowest BCUT2D eigenvalue weighted by molar-refractivity contribution is -0.668. The molecule has 166 valence electrons. The molecule has 2 aromatic carbocycles. The Labute approximate surface area is 190 Å². The zero-order valence-corrected chi connectivity index (χ0v) is 19.2. The van der Waals surface area contributed by atoms with E-state index in [0.717, 1.165) is 15.9 Å². The van der Waals surface area contributed by atoms with Gasteiger partial charge in [0.05, 0.1) is 5.75 Å². The van der Waals surface area contributed by atoms with Crippen LogP contribution < -0.4 is 14.6 Å². The van der Waals surface area contributed by atoms with Crippen molar-refractivity contribution in [2.45, 2.75) is 13.0 Å². The van der Waals surface area contributed by atoms with Crippen LogP contribution in [0.5, 0.6) is 0 Å². The smallest absolute Gasteiger partial charge is 0.265 e. The molecule has 0 spiro atoms. The number of fused-ring (bicyclic) bond motifs is 1. The Hall–Kier alpha value is -3.01. The molecule has 9 heteroatoms. The maximum Gasteiger partial charge on any atom is 0.265 e. The maximum atomic E-state index is 12.8. The molecule has 4 rings (SSSR count). The molecular formula is C23H22N2O5S2. The molecule has 0 atom stereocenters. The number of carbonyl (C=O) groups is 1. The summed E-state index contributed by atoms with van der Waals surface area (Å²) in [5, 5.41) is 13.5. The molecule has 1 heterocycles. The Morgan fingerprint density at radius 1 is 1.12 bits per heavy atom. The monoisotopic (exact) mass is 470 g/mol. The number of aromatic nitrogens is 1. The first-order valence-corrected chi connectivity index (χ1v) is 12.4. The van der Waals surface area contributed by atoms with Gasteiger partial charge in [-0.05, 0) is 23.8 Å². The van der Waals surface area contributed by atoms with Gasteiger partial charge in [-0.2, -0.15) is 13.0 Å². The first kappa shape index (κ1) is 22.2. The highest BCUT2D eigenvalue weighted by Gasteiger charge is 2.30. The summed E-state index contributed by atoms with van der Waals surface area (Å²) in [6.45, 7) is 0.327. The third-order valence-electron chi connectivity index (χ3n) is 5.30. The van der Waals surface area contributed by atoms with Gasteiger partial charge in [0.1, 0.15) is 4.70 Å². The predicted molar refractivity (Wildman–Crippen MR) is 124 cm³/mol. The van der Waals surface area contributed by atoms with E-state index in [4.69, 9.17) is 4.55 Å². The molecule has 0 aliphatic heterocycles. The standard InChI is InChI=1S/C23H22N2O5S2/c1-24(2)16-10-8-15(9-11-16)21-22(26)17(23(21)27)14-20-25(12-5-13-32(28,29)30)18-6-3-4-7-19(18)31-20/h3-4,6-11,14H,5,12-13H2,1-2H3,(H-,26,27,28,29,30). The van der Waals surface area contributed by atoms with Crippen molar-refractivity contribution in [3.05, 3.63) is 70.4 Å². The molecule has 0 bridgehead atoms. The summed E-state index contributed by atoms with van der Waals surface area (Å²) in [5.41, 5.74) is 2.75. The van der Waals surface area contributed by atoms with Crippen molar-refractivity contribution < 1.29 is 27.4 Å². The Morgan fingerprint density at radius 3 is 2.44 bits per heavy atom. The first-order chi connectivity index (χ1) is 15.2. The van der Waals surface area contributed by atoms with Crippen molar-refractivity contribution in [3.8, 4) is 0 Å². The number of hydrogen-bond donors (Lipinski definition) is 1. The van der Waals surface area contributed by atoms with Gasteiger partial charge in [0.15, 0.2) is 12.3 Å². The van der Waals surface area contributed by atoms with E-state index in [1.807, 2.05) is 60.0 Å². The van der Waals surface area contributed by atoms with Gasteiger partial charge < -0.3 is 10.0 Å². The van der Waals surface area contributed by atoms with Gasteiger partial charge in [0.25, 0.3) is 15.1 Å². The van der Waals surface area contributed by atoms with Gasteiger partial charge >= 0.3 is 0 Å². The number of hydrogen-bond acceptors (Lipinski definition) is 6. The molecule has 0 radical (unpaired) electrons. The van der Waals surface area contributed by atoms with Crippen LogP contribution in [0.15, 0.2) is 59.9 Å². The molecule has 0 saturated carbocycles. The number of Topliss-reactive ketones (excluding diaryl/α,β-unsaturated/α-hetero) is 1. The maximum absolute atomic E-state index is 12.8. The van der Waals surface area contributed by atoms with Gasteiger partial charge in [-0.25, -0.2) is 0 Å². The van der Waals surface area contributed by atoms with Crippen LogP contribution in [-0.2, 0) is 21.5 Å². The number of nitrogens with zero attached hydrogens (tertiary/aromatic N) is 2. The van der Waals surface area contributed by atoms with Gasteiger partial charge in [0, 0.05) is 49.5 Å². The van der Waals surface area contributed by atoms with E-state index < -0.39 is 10.1 Å². The van der Waals surface area contributed by atoms with E-state index in [-0.39, 0.29) is 34.9 Å². The Morgan fingerprint density at radius 2 is 1.81 bits per heavy atom. The number of anilines is 1. The number of thiazole rings is 1. The summed E-state index contributed by atoms with van der Waals surface area (Å²) in [6, 6.07) is 14.8. The molecule has 0 fully saturated rings. The Bertz CT molecular complexity index is 1370. The molecule has 7 nitrogen and oxygen atoms in total. The molecule has 32 heavy (non-hydrogen) atoms. The van der Waals surface area contributed by atoms with Gasteiger partial charge in [-0.1, -0.05) is 41.4 Å². The van der Waals surface area contributed by atoms with Crippen LogP contribution in [0.2, 0.25) is 0 Å². The fourth-order valence-corrected chi connectivity index (χ4v) is 5.28. The summed E-state index contributed by atoms with van der Waals surface area (Å²) in [6.07, 6.45) is 1.79. The van der Waals surface area contributed by atoms with Gasteiger partial charge in [0.2, 0.25) is 5.52 Å².